The maximum atomic E-state index is 11.4. The van der Waals surface area contributed by atoms with Gasteiger partial charge in [0.25, 0.3) is 0 Å². The third-order valence-corrected chi connectivity index (χ3v) is 3.54. The number of hydrogen-bond acceptors (Lipinski definition) is 12. The number of rotatable bonds is 11. The molecule has 0 saturated heterocycles. The minimum atomic E-state index is -0.589. The van der Waals surface area contributed by atoms with Gasteiger partial charge >= 0.3 is 23.9 Å². The Balaban J connectivity index is -0.000000123. The molecule has 14 heteroatoms. The number of esters is 4. The van der Waals surface area contributed by atoms with Gasteiger partial charge in [-0.15, -0.1) is 24.8 Å². The lowest BCUT2D eigenvalue weighted by Gasteiger charge is -2.05. The second-order valence-electron chi connectivity index (χ2n) is 6.01. The van der Waals surface area contributed by atoms with E-state index >= 15 is 0 Å². The molecule has 12 nitrogen and oxygen atoms in total. The highest BCUT2D eigenvalue weighted by atomic mass is 35.5. The molecule has 40 heavy (non-hydrogen) atoms. The standard InChI is InChI=1S/C11H14N2O4.C10H12N2O4.C2H6.3CH4.2ClH/c1-12-6-4-10(14)16-8-17-11(15)9-3-2-5-13-7-9;11-4-3-9(13)15-7-16-10(14)8-2-1-5-12-6-8;1-2;;;;;/h2-3,5,7,12H,4,6,8H2,1H3;1-2,5-6H,3-4,7,11H2;1-2H3;3*1H4;2*1H/i;;1D;1T;;;;. The normalized spacial score (nSPS) is 8.60. The first-order valence-corrected chi connectivity index (χ1v) is 10.5. The van der Waals surface area contributed by atoms with Crippen LogP contribution in [0.2, 0.25) is 0 Å². The first kappa shape index (κ1) is 43.7. The number of nitrogens with zero attached hydrogens (tertiary/aromatic N) is 2. The van der Waals surface area contributed by atoms with Crippen molar-refractivity contribution in [3.63, 3.8) is 0 Å². The summed E-state index contributed by atoms with van der Waals surface area (Å²) in [5.41, 5.74) is 5.76. The summed E-state index contributed by atoms with van der Waals surface area (Å²) >= 11 is 0. The summed E-state index contributed by atoms with van der Waals surface area (Å²) in [6.45, 7) is 2.23. The van der Waals surface area contributed by atoms with Gasteiger partial charge < -0.3 is 30.0 Å². The lowest BCUT2D eigenvalue weighted by atomic mass is 10.3. The van der Waals surface area contributed by atoms with Crippen LogP contribution in [0.25, 0.3) is 0 Å². The zero-order valence-electron chi connectivity index (χ0n) is 23.6. The first-order valence-electron chi connectivity index (χ1n) is 12.2. The number of halogens is 2. The number of hydrogen-bond donors (Lipinski definition) is 2. The third-order valence-electron chi connectivity index (χ3n) is 3.54. The number of ether oxygens (including phenoxy) is 4. The molecule has 0 unspecified atom stereocenters. The predicted molar refractivity (Wildman–Crippen MR) is 159 cm³/mol. The molecule has 2 aromatic heterocycles. The molecule has 0 bridgehead atoms. The van der Waals surface area contributed by atoms with Crippen molar-refractivity contribution in [1.29, 1.82) is 0 Å². The molecule has 0 spiro atoms. The van der Waals surface area contributed by atoms with Crippen molar-refractivity contribution in [2.24, 2.45) is 5.73 Å². The van der Waals surface area contributed by atoms with Crippen molar-refractivity contribution in [2.75, 3.05) is 33.7 Å². The van der Waals surface area contributed by atoms with Crippen molar-refractivity contribution in [3.8, 4) is 0 Å². The molecule has 2 rings (SSSR count). The average molecular weight is 617 g/mol. The van der Waals surface area contributed by atoms with E-state index < -0.39 is 30.7 Å². The Bertz CT molecular complexity index is 906. The van der Waals surface area contributed by atoms with Crippen LogP contribution in [0.15, 0.2) is 49.1 Å². The van der Waals surface area contributed by atoms with Crippen LogP contribution in [0.1, 0.15) is 72.4 Å². The molecule has 0 saturated carbocycles. The highest BCUT2D eigenvalue weighted by Crippen LogP contribution is 2.00. The average Bonchev–Trinajstić information content (AvgIpc) is 2.95. The van der Waals surface area contributed by atoms with Crippen molar-refractivity contribution < 1.29 is 40.9 Å². The van der Waals surface area contributed by atoms with Crippen LogP contribution in [0.5, 0.6) is 0 Å². The molecule has 0 aromatic carbocycles. The van der Waals surface area contributed by atoms with Crippen LogP contribution in [0.4, 0.5) is 0 Å². The van der Waals surface area contributed by atoms with E-state index in [1.165, 1.54) is 26.0 Å². The van der Waals surface area contributed by atoms with Gasteiger partial charge in [0, 0.05) is 40.6 Å². The Kier molecular flexibility index (Phi) is 36.8. The largest absolute Gasteiger partial charge is 0.428 e. The minimum absolute atomic E-state index is 0. The van der Waals surface area contributed by atoms with E-state index in [1.54, 1.807) is 44.4 Å². The Morgan fingerprint density at radius 3 is 1.60 bits per heavy atom. The summed E-state index contributed by atoms with van der Waals surface area (Å²) in [6.07, 6.45) is 6.17. The van der Waals surface area contributed by atoms with Gasteiger partial charge in [-0.2, -0.15) is 0 Å². The highest BCUT2D eigenvalue weighted by Gasteiger charge is 2.09. The molecule has 0 amide bonds. The molecular weight excluding hydrogens is 567 g/mol. The number of pyridine rings is 2. The highest BCUT2D eigenvalue weighted by molar-refractivity contribution is 5.89. The van der Waals surface area contributed by atoms with Gasteiger partial charge in [0.15, 0.2) is 0 Å². The fraction of sp³-hybridized carbons (Fsp3) is 0.462. The Morgan fingerprint density at radius 1 is 0.875 bits per heavy atom. The first-order chi connectivity index (χ1) is 18.4. The Labute approximate surface area is 253 Å². The summed E-state index contributed by atoms with van der Waals surface area (Å²) < 4.78 is 30.7. The van der Waals surface area contributed by atoms with Gasteiger partial charge in [0.05, 0.1) is 24.0 Å². The number of nitrogens with two attached hydrogens (primary N) is 1. The Hall–Kier alpha value is -3.32. The molecule has 0 aliphatic rings. The van der Waals surface area contributed by atoms with Crippen molar-refractivity contribution in [1.82, 2.24) is 15.3 Å². The maximum absolute atomic E-state index is 11.4. The molecule has 0 aliphatic carbocycles. The van der Waals surface area contributed by atoms with Crippen LogP contribution < -0.4 is 11.1 Å². The van der Waals surface area contributed by atoms with E-state index in [9.17, 15) is 19.2 Å². The fourth-order valence-corrected chi connectivity index (χ4v) is 1.92. The third kappa shape index (κ3) is 25.0. The molecule has 232 valence electrons. The molecule has 2 heterocycles. The smallest absolute Gasteiger partial charge is 0.342 e. The van der Waals surface area contributed by atoms with E-state index in [-0.39, 0.29) is 65.8 Å². The SMILES string of the molecule is C.C.CNCCC(=O)OCOC(=O)c1cccnc1.Cl.Cl.NCCC(=O)OCOC(=O)c1cccnc1.[2H]CC.[3H]C. The van der Waals surface area contributed by atoms with Gasteiger partial charge in [-0.3, -0.25) is 19.6 Å². The molecule has 2 aromatic rings. The van der Waals surface area contributed by atoms with E-state index in [4.69, 9.17) is 17.9 Å². The van der Waals surface area contributed by atoms with E-state index in [2.05, 4.69) is 24.8 Å². The summed E-state index contributed by atoms with van der Waals surface area (Å²) in [6, 6.07) is 6.35. The van der Waals surface area contributed by atoms with Crippen LogP contribution in [0, 0.1) is 0 Å². The molecule has 0 atom stereocenters. The second-order valence-corrected chi connectivity index (χ2v) is 6.01. The van der Waals surface area contributed by atoms with Crippen molar-refractivity contribution >= 4 is 48.7 Å². The quantitative estimate of drug-likeness (QED) is 0.273. The molecule has 0 fully saturated rings. The van der Waals surface area contributed by atoms with Crippen LogP contribution in [-0.2, 0) is 28.5 Å². The van der Waals surface area contributed by atoms with Gasteiger partial charge in [-0.05, 0) is 31.3 Å². The van der Waals surface area contributed by atoms with Gasteiger partial charge in [0.2, 0.25) is 13.6 Å². The summed E-state index contributed by atoms with van der Waals surface area (Å²) in [7, 11) is 2.98. The summed E-state index contributed by atoms with van der Waals surface area (Å²) in [5, 5.41) is 2.81. The van der Waals surface area contributed by atoms with E-state index in [0.29, 0.717) is 24.6 Å². The van der Waals surface area contributed by atoms with Crippen molar-refractivity contribution in [3.05, 3.63) is 60.2 Å². The van der Waals surface area contributed by atoms with Crippen molar-refractivity contribution in [2.45, 2.75) is 48.9 Å². The zero-order chi connectivity index (χ0) is 29.0. The van der Waals surface area contributed by atoms with Crippen LogP contribution >= 0.6 is 24.8 Å². The Morgan fingerprint density at radius 2 is 1.27 bits per heavy atom. The topological polar surface area (TPSA) is 169 Å². The monoisotopic (exact) mass is 615 g/mol. The van der Waals surface area contributed by atoms with Crippen LogP contribution in [0.3, 0.4) is 0 Å². The molecule has 0 aliphatic heterocycles. The number of carbonyl (C=O) groups is 4. The maximum Gasteiger partial charge on any atom is 0.342 e. The van der Waals surface area contributed by atoms with Crippen LogP contribution in [-0.4, -0.2) is 67.6 Å². The second kappa shape index (κ2) is 33.7. The fourth-order valence-electron chi connectivity index (χ4n) is 1.92. The van der Waals surface area contributed by atoms with E-state index in [0.717, 1.165) is 0 Å². The summed E-state index contributed by atoms with van der Waals surface area (Å²) in [4.78, 5) is 52.1. The predicted octanol–water partition coefficient (Wildman–Crippen LogP) is 4.21. The van der Waals surface area contributed by atoms with Gasteiger partial charge in [-0.25, -0.2) is 9.59 Å². The molecule has 3 N–H and O–H groups in total. The number of nitrogens with one attached hydrogen (secondary N) is 1. The lowest BCUT2D eigenvalue weighted by molar-refractivity contribution is -0.153. The number of carbonyl (C=O) groups excluding carboxylic acids is 4. The minimum Gasteiger partial charge on any atom is -0.428 e. The zero-order valence-corrected chi connectivity index (χ0v) is 23.3. The van der Waals surface area contributed by atoms with E-state index in [1.807, 2.05) is 0 Å². The van der Waals surface area contributed by atoms with Gasteiger partial charge in [0.1, 0.15) is 0 Å². The number of aromatic nitrogens is 2. The van der Waals surface area contributed by atoms with Gasteiger partial charge in [-0.1, -0.05) is 36.1 Å². The summed E-state index contributed by atoms with van der Waals surface area (Å²) in [5.74, 6) is -2.08. The molecule has 0 radical (unpaired) electrons. The lowest BCUT2D eigenvalue weighted by Crippen LogP contribution is -2.17. The molecular formula is C26H46Cl2N4O8.